The first kappa shape index (κ1) is 30.3. The summed E-state index contributed by atoms with van der Waals surface area (Å²) in [6, 6.07) is 27.7. The number of para-hydroxylation sites is 1. The number of ether oxygens (including phenoxy) is 3. The molecule has 0 radical (unpaired) electrons. The Bertz CT molecular complexity index is 2360. The van der Waals surface area contributed by atoms with Crippen LogP contribution in [-0.4, -0.2) is 35.4 Å². The van der Waals surface area contributed by atoms with Crippen molar-refractivity contribution in [1.29, 1.82) is 0 Å². The minimum absolute atomic E-state index is 0.244. The van der Waals surface area contributed by atoms with E-state index in [4.69, 9.17) is 14.2 Å². The summed E-state index contributed by atoms with van der Waals surface area (Å²) in [4.78, 5) is 32.3. The third kappa shape index (κ3) is 5.53. The van der Waals surface area contributed by atoms with Gasteiger partial charge in [-0.15, -0.1) is 0 Å². The van der Waals surface area contributed by atoms with Crippen LogP contribution < -0.4 is 24.4 Å². The molecule has 3 heterocycles. The molecular weight excluding hydrogens is 611 g/mol. The lowest BCUT2D eigenvalue weighted by atomic mass is 9.97. The number of rotatable bonds is 9. The molecule has 6 aromatic rings. The Morgan fingerprint density at radius 2 is 1.66 bits per heavy atom. The second-order valence-electron chi connectivity index (χ2n) is 11.1. The van der Waals surface area contributed by atoms with Crippen LogP contribution in [0.5, 0.6) is 11.5 Å². The molecule has 0 fully saturated rings. The molecule has 0 spiro atoms. The number of nitrogens with zero attached hydrogens (tertiary/aromatic N) is 3. The number of hydrogen-bond donors (Lipinski definition) is 0. The van der Waals surface area contributed by atoms with E-state index in [9.17, 15) is 9.59 Å². The van der Waals surface area contributed by atoms with Crippen molar-refractivity contribution in [3.8, 4) is 11.5 Å². The molecule has 0 aliphatic carbocycles. The van der Waals surface area contributed by atoms with Crippen LogP contribution in [0, 0.1) is 0 Å². The number of fused-ring (bicyclic) bond motifs is 3. The first-order chi connectivity index (χ1) is 23.0. The van der Waals surface area contributed by atoms with Gasteiger partial charge in [-0.25, -0.2) is 9.79 Å². The van der Waals surface area contributed by atoms with Gasteiger partial charge >= 0.3 is 5.97 Å². The Balaban J connectivity index is 1.35. The predicted molar refractivity (Wildman–Crippen MR) is 185 cm³/mol. The van der Waals surface area contributed by atoms with Gasteiger partial charge in [-0.3, -0.25) is 9.36 Å². The molecule has 0 saturated heterocycles. The van der Waals surface area contributed by atoms with Crippen LogP contribution in [0.25, 0.3) is 27.8 Å². The zero-order chi connectivity index (χ0) is 32.5. The molecule has 47 heavy (non-hydrogen) atoms. The molecule has 1 aliphatic heterocycles. The highest BCUT2D eigenvalue weighted by atomic mass is 32.1. The molecule has 0 saturated carbocycles. The van der Waals surface area contributed by atoms with Gasteiger partial charge in [0.05, 0.1) is 36.5 Å². The highest BCUT2D eigenvalue weighted by Crippen LogP contribution is 2.35. The second-order valence-corrected chi connectivity index (χ2v) is 12.1. The quantitative estimate of drug-likeness (QED) is 0.181. The summed E-state index contributed by atoms with van der Waals surface area (Å²) in [5, 5.41) is 3.45. The third-order valence-corrected chi connectivity index (χ3v) is 9.33. The fourth-order valence-corrected chi connectivity index (χ4v) is 7.22. The normalized spacial score (nSPS) is 14.5. The third-order valence-electron chi connectivity index (χ3n) is 8.33. The van der Waals surface area contributed by atoms with Crippen molar-refractivity contribution in [2.45, 2.75) is 26.4 Å². The number of thiazole rings is 1. The number of hydrogen-bond acceptors (Lipinski definition) is 7. The molecule has 0 N–H and O–H groups in total. The van der Waals surface area contributed by atoms with E-state index < -0.39 is 12.0 Å². The fourth-order valence-electron chi connectivity index (χ4n) is 6.26. The van der Waals surface area contributed by atoms with Gasteiger partial charge in [-0.2, -0.15) is 0 Å². The molecule has 1 aliphatic rings. The molecule has 9 heteroatoms. The topological polar surface area (TPSA) is 84.0 Å². The summed E-state index contributed by atoms with van der Waals surface area (Å²) in [7, 11) is 1.32. The van der Waals surface area contributed by atoms with E-state index in [-0.39, 0.29) is 11.1 Å². The first-order valence-corrected chi connectivity index (χ1v) is 16.4. The molecule has 0 amide bonds. The van der Waals surface area contributed by atoms with Gasteiger partial charge in [-0.1, -0.05) is 78.1 Å². The summed E-state index contributed by atoms with van der Waals surface area (Å²) < 4.78 is 21.1. The maximum Gasteiger partial charge on any atom is 0.337 e. The highest BCUT2D eigenvalue weighted by Gasteiger charge is 2.31. The number of esters is 1. The Hall–Kier alpha value is -5.41. The van der Waals surface area contributed by atoms with Gasteiger partial charge < -0.3 is 18.8 Å². The van der Waals surface area contributed by atoms with E-state index in [0.29, 0.717) is 46.2 Å². The first-order valence-electron chi connectivity index (χ1n) is 15.5. The van der Waals surface area contributed by atoms with Gasteiger partial charge in [-0.05, 0) is 60.0 Å². The van der Waals surface area contributed by atoms with Crippen molar-refractivity contribution in [3.63, 3.8) is 0 Å². The van der Waals surface area contributed by atoms with Crippen LogP contribution in [-0.2, 0) is 16.1 Å². The van der Waals surface area contributed by atoms with E-state index in [2.05, 4.69) is 70.4 Å². The number of benzene rings is 4. The lowest BCUT2D eigenvalue weighted by Crippen LogP contribution is -2.39. The highest BCUT2D eigenvalue weighted by molar-refractivity contribution is 7.07. The van der Waals surface area contributed by atoms with Crippen LogP contribution in [0.15, 0.2) is 113 Å². The van der Waals surface area contributed by atoms with Crippen molar-refractivity contribution < 1.29 is 19.0 Å². The molecule has 2 aromatic heterocycles. The van der Waals surface area contributed by atoms with Gasteiger partial charge in [0.2, 0.25) is 0 Å². The summed E-state index contributed by atoms with van der Waals surface area (Å²) in [6.07, 6.45) is 5.52. The molecular formula is C38H33N3O5S. The van der Waals surface area contributed by atoms with Crippen LogP contribution in [0.4, 0.5) is 0 Å². The molecule has 0 unspecified atom stereocenters. The fraction of sp³-hybridized carbons (Fsp3) is 0.184. The molecule has 8 nitrogen and oxygen atoms in total. The minimum atomic E-state index is -0.761. The van der Waals surface area contributed by atoms with Gasteiger partial charge in [0.25, 0.3) is 5.56 Å². The Labute approximate surface area is 275 Å². The Morgan fingerprint density at radius 3 is 2.47 bits per heavy atom. The lowest BCUT2D eigenvalue weighted by Gasteiger charge is -2.23. The van der Waals surface area contributed by atoms with Crippen molar-refractivity contribution in [3.05, 3.63) is 139 Å². The van der Waals surface area contributed by atoms with Gasteiger partial charge in [0.15, 0.2) is 16.3 Å². The largest absolute Gasteiger partial charge is 0.490 e. The molecule has 236 valence electrons. The Kier molecular flexibility index (Phi) is 8.22. The van der Waals surface area contributed by atoms with Crippen LogP contribution in [0.1, 0.15) is 36.6 Å². The second kappa shape index (κ2) is 12.8. The molecule has 7 rings (SSSR count). The summed E-state index contributed by atoms with van der Waals surface area (Å²) in [5.74, 6) is 0.569. The SMILES string of the molecule is CCOc1ccc([C@H]2C(C(=O)OC)=CN=c3s/c(=C/c4cn(Cc5cccc6ccccc56)c5ccccc45)c(=O)n32)cc1OCC. The monoisotopic (exact) mass is 643 g/mol. The van der Waals surface area contributed by atoms with E-state index >= 15 is 0 Å². The van der Waals surface area contributed by atoms with Gasteiger partial charge in [0.1, 0.15) is 0 Å². The van der Waals surface area contributed by atoms with Crippen molar-refractivity contribution in [2.75, 3.05) is 20.3 Å². The van der Waals surface area contributed by atoms with Crippen LogP contribution >= 0.6 is 11.3 Å². The average Bonchev–Trinajstić information content (AvgIpc) is 3.61. The predicted octanol–water partition coefficient (Wildman–Crippen LogP) is 5.97. The summed E-state index contributed by atoms with van der Waals surface area (Å²) in [5.41, 5.74) is 3.91. The van der Waals surface area contributed by atoms with Crippen molar-refractivity contribution >= 4 is 45.1 Å². The zero-order valence-electron chi connectivity index (χ0n) is 26.3. The van der Waals surface area contributed by atoms with E-state index in [1.807, 2.05) is 44.2 Å². The maximum absolute atomic E-state index is 14.3. The lowest BCUT2D eigenvalue weighted by molar-refractivity contribution is -0.136. The van der Waals surface area contributed by atoms with Crippen LogP contribution in [0.2, 0.25) is 0 Å². The van der Waals surface area contributed by atoms with Crippen LogP contribution in [0.3, 0.4) is 0 Å². The zero-order valence-corrected chi connectivity index (χ0v) is 27.1. The summed E-state index contributed by atoms with van der Waals surface area (Å²) in [6.45, 7) is 5.38. The number of carbonyl (C=O) groups is 1. The summed E-state index contributed by atoms with van der Waals surface area (Å²) >= 11 is 1.29. The molecule has 0 bridgehead atoms. The smallest absolute Gasteiger partial charge is 0.337 e. The molecule has 4 aromatic carbocycles. The molecule has 1 atom stereocenters. The standard InChI is InChI=1S/C38H33N3O5S/c1-4-45-32-18-17-25(19-33(32)46-5-2)35-30(37(43)44-3)21-39-38-41(35)36(42)34(47-38)20-27-23-40(31-16-9-8-15-29(27)31)22-26-13-10-12-24-11-6-7-14-28(24)26/h6-21,23,35H,4-5,22H2,1-3H3/b34-20+/t35-/m0/s1. The van der Waals surface area contributed by atoms with Crippen molar-refractivity contribution in [1.82, 2.24) is 9.13 Å². The van der Waals surface area contributed by atoms with E-state index in [0.717, 1.165) is 16.5 Å². The minimum Gasteiger partial charge on any atom is -0.490 e. The number of methoxy groups -OCH3 is 1. The van der Waals surface area contributed by atoms with Gasteiger partial charge in [0, 0.05) is 35.4 Å². The number of aromatic nitrogens is 2. The number of carbonyl (C=O) groups excluding carboxylic acids is 1. The van der Waals surface area contributed by atoms with Crippen molar-refractivity contribution in [2.24, 2.45) is 4.99 Å². The van der Waals surface area contributed by atoms with E-state index in [1.54, 1.807) is 10.6 Å². The average molecular weight is 644 g/mol. The van der Waals surface area contributed by atoms with E-state index in [1.165, 1.54) is 41.0 Å². The Morgan fingerprint density at radius 1 is 0.915 bits per heavy atom. The maximum atomic E-state index is 14.3.